The molecule has 206 valence electrons. The highest BCUT2D eigenvalue weighted by atomic mass is 32.2. The van der Waals surface area contributed by atoms with Crippen molar-refractivity contribution >= 4 is 32.8 Å². The first-order valence-electron chi connectivity index (χ1n) is 13.3. The number of pyridine rings is 1. The van der Waals surface area contributed by atoms with Gasteiger partial charge >= 0.3 is 5.97 Å². The number of aromatic nitrogens is 1. The van der Waals surface area contributed by atoms with E-state index in [2.05, 4.69) is 17.2 Å². The number of amides is 1. The molecule has 2 aromatic carbocycles. The maximum Gasteiger partial charge on any atom is 0.336 e. The number of carboxylic acids is 1. The zero-order valence-electron chi connectivity index (χ0n) is 22.1. The molecular formula is C29H33N3O6S. The topological polar surface area (TPSA) is 126 Å². The van der Waals surface area contributed by atoms with Gasteiger partial charge in [-0.2, -0.15) is 4.31 Å². The van der Waals surface area contributed by atoms with Gasteiger partial charge in [0, 0.05) is 36.6 Å². The molecule has 1 aliphatic heterocycles. The Kier molecular flexibility index (Phi) is 7.59. The number of nitrogens with one attached hydrogen (secondary N) is 1. The smallest absolute Gasteiger partial charge is 0.336 e. The van der Waals surface area contributed by atoms with E-state index in [1.165, 1.54) is 16.4 Å². The summed E-state index contributed by atoms with van der Waals surface area (Å²) in [4.78, 5) is 29.8. The van der Waals surface area contributed by atoms with Gasteiger partial charge in [-0.15, -0.1) is 0 Å². The van der Waals surface area contributed by atoms with Crippen molar-refractivity contribution in [2.45, 2.75) is 50.5 Å². The third-order valence-corrected chi connectivity index (χ3v) is 9.77. The van der Waals surface area contributed by atoms with E-state index in [0.29, 0.717) is 48.2 Å². The number of sulfonamides is 1. The lowest BCUT2D eigenvalue weighted by atomic mass is 9.84. The number of ether oxygens (including phenoxy) is 1. The Morgan fingerprint density at radius 3 is 2.49 bits per heavy atom. The summed E-state index contributed by atoms with van der Waals surface area (Å²) in [5.74, 6) is -0.345. The maximum atomic E-state index is 13.5. The molecule has 1 saturated heterocycles. The lowest BCUT2D eigenvalue weighted by molar-refractivity contribution is -0.126. The van der Waals surface area contributed by atoms with Gasteiger partial charge in [-0.1, -0.05) is 19.1 Å². The number of aryl methyl sites for hydroxylation is 1. The Hall–Kier alpha value is -3.50. The zero-order chi connectivity index (χ0) is 27.7. The van der Waals surface area contributed by atoms with E-state index in [9.17, 15) is 23.1 Å². The predicted octanol–water partition coefficient (Wildman–Crippen LogP) is 3.78. The van der Waals surface area contributed by atoms with Crippen molar-refractivity contribution in [2.75, 3.05) is 20.2 Å². The van der Waals surface area contributed by atoms with Crippen LogP contribution in [0.25, 0.3) is 10.9 Å². The summed E-state index contributed by atoms with van der Waals surface area (Å²) in [6.45, 7) is 2.91. The SMILES string of the molecule is COc1ccc(CNC(=O)C2CCN(S(=O)(=O)c3ccc4nc5c(c(C(=O)O)c4c3)C[C@H](C)CC5)CC2)cc1. The molecule has 39 heavy (non-hydrogen) atoms. The largest absolute Gasteiger partial charge is 0.497 e. The first-order chi connectivity index (χ1) is 18.7. The number of aromatic carboxylic acids is 1. The van der Waals surface area contributed by atoms with Gasteiger partial charge in [0.2, 0.25) is 15.9 Å². The van der Waals surface area contributed by atoms with Crippen LogP contribution in [0.2, 0.25) is 0 Å². The number of piperidine rings is 1. The summed E-state index contributed by atoms with van der Waals surface area (Å²) in [6.07, 6.45) is 3.11. The number of hydrogen-bond donors (Lipinski definition) is 2. The number of rotatable bonds is 7. The van der Waals surface area contributed by atoms with Gasteiger partial charge in [-0.3, -0.25) is 9.78 Å². The summed E-state index contributed by atoms with van der Waals surface area (Å²) in [5.41, 5.74) is 3.11. The summed E-state index contributed by atoms with van der Waals surface area (Å²) < 4.78 is 33.6. The van der Waals surface area contributed by atoms with E-state index in [1.54, 1.807) is 13.2 Å². The molecule has 2 N–H and O–H groups in total. The highest BCUT2D eigenvalue weighted by Crippen LogP contribution is 2.33. The molecule has 10 heteroatoms. The third-order valence-electron chi connectivity index (χ3n) is 7.87. The molecule has 5 rings (SSSR count). The Balaban J connectivity index is 1.29. The molecule has 0 radical (unpaired) electrons. The Morgan fingerprint density at radius 1 is 1.10 bits per heavy atom. The molecule has 9 nitrogen and oxygen atoms in total. The number of nitrogens with zero attached hydrogens (tertiary/aromatic N) is 2. The van der Waals surface area contributed by atoms with E-state index in [1.807, 2.05) is 24.3 Å². The van der Waals surface area contributed by atoms with Crippen molar-refractivity contribution < 1.29 is 27.9 Å². The van der Waals surface area contributed by atoms with Crippen LogP contribution in [0.3, 0.4) is 0 Å². The van der Waals surface area contributed by atoms with E-state index >= 15 is 0 Å². The van der Waals surface area contributed by atoms with Crippen LogP contribution in [0, 0.1) is 11.8 Å². The minimum Gasteiger partial charge on any atom is -0.497 e. The molecule has 1 aromatic heterocycles. The second-order valence-corrected chi connectivity index (χ2v) is 12.4. The van der Waals surface area contributed by atoms with Crippen molar-refractivity contribution in [3.63, 3.8) is 0 Å². The summed E-state index contributed by atoms with van der Waals surface area (Å²) in [5, 5.41) is 13.4. The predicted molar refractivity (Wildman–Crippen MR) is 146 cm³/mol. The molecule has 2 aliphatic rings. The summed E-state index contributed by atoms with van der Waals surface area (Å²) >= 11 is 0. The second-order valence-electron chi connectivity index (χ2n) is 10.5. The zero-order valence-corrected chi connectivity index (χ0v) is 23.0. The standard InChI is InChI=1S/C29H33N3O6S/c1-18-3-9-25-23(15-18)27(29(34)35)24-16-22(8-10-26(24)31-25)39(36,37)32-13-11-20(12-14-32)28(33)30-17-19-4-6-21(38-2)7-5-19/h4-8,10,16,18,20H,3,9,11-15,17H2,1-2H3,(H,30,33)(H,34,35)/t18-/m1/s1. The number of methoxy groups -OCH3 is 1. The average molecular weight is 552 g/mol. The lowest BCUT2D eigenvalue weighted by Gasteiger charge is -2.30. The number of carbonyl (C=O) groups is 2. The average Bonchev–Trinajstić information content (AvgIpc) is 2.94. The monoisotopic (exact) mass is 551 g/mol. The number of hydrogen-bond acceptors (Lipinski definition) is 6. The van der Waals surface area contributed by atoms with Crippen LogP contribution >= 0.6 is 0 Å². The molecule has 0 saturated carbocycles. The summed E-state index contributed by atoms with van der Waals surface area (Å²) in [7, 11) is -2.27. The van der Waals surface area contributed by atoms with Crippen molar-refractivity contribution in [1.82, 2.24) is 14.6 Å². The molecule has 0 spiro atoms. The number of carbonyl (C=O) groups excluding carboxylic acids is 1. The molecule has 1 fully saturated rings. The van der Waals surface area contributed by atoms with Gasteiger partial charge in [0.05, 0.1) is 23.1 Å². The van der Waals surface area contributed by atoms with E-state index in [-0.39, 0.29) is 35.4 Å². The fraction of sp³-hybridized carbons (Fsp3) is 0.414. The van der Waals surface area contributed by atoms with Crippen LogP contribution in [-0.2, 0) is 34.2 Å². The molecular weight excluding hydrogens is 518 g/mol. The van der Waals surface area contributed by atoms with Gasteiger partial charge in [-0.05, 0) is 79.5 Å². The van der Waals surface area contributed by atoms with Gasteiger partial charge < -0.3 is 15.2 Å². The van der Waals surface area contributed by atoms with Crippen LogP contribution in [0.1, 0.15) is 53.4 Å². The molecule has 0 unspecified atom stereocenters. The van der Waals surface area contributed by atoms with Crippen molar-refractivity contribution in [3.05, 3.63) is 64.8 Å². The van der Waals surface area contributed by atoms with Gasteiger partial charge in [0.1, 0.15) is 5.75 Å². The Morgan fingerprint density at radius 2 is 1.82 bits per heavy atom. The van der Waals surface area contributed by atoms with Gasteiger partial charge in [0.25, 0.3) is 0 Å². The Bertz CT molecular complexity index is 1510. The maximum absolute atomic E-state index is 13.5. The number of benzene rings is 2. The normalized spacial score (nSPS) is 18.5. The van der Waals surface area contributed by atoms with Crippen LogP contribution in [0.5, 0.6) is 5.75 Å². The van der Waals surface area contributed by atoms with Crippen LogP contribution in [-0.4, -0.2) is 54.9 Å². The van der Waals surface area contributed by atoms with E-state index < -0.39 is 16.0 Å². The van der Waals surface area contributed by atoms with Crippen LogP contribution in [0.15, 0.2) is 47.4 Å². The van der Waals surface area contributed by atoms with Crippen molar-refractivity contribution in [3.8, 4) is 5.75 Å². The molecule has 3 aromatic rings. The number of fused-ring (bicyclic) bond motifs is 2. The molecule has 1 amide bonds. The minimum absolute atomic E-state index is 0.0468. The van der Waals surface area contributed by atoms with Crippen LogP contribution in [0.4, 0.5) is 0 Å². The van der Waals surface area contributed by atoms with E-state index in [4.69, 9.17) is 4.74 Å². The molecule has 1 aliphatic carbocycles. The quantitative estimate of drug-likeness (QED) is 0.458. The fourth-order valence-corrected chi connectivity index (χ4v) is 7.08. The van der Waals surface area contributed by atoms with Gasteiger partial charge in [-0.25, -0.2) is 13.2 Å². The molecule has 1 atom stereocenters. The summed E-state index contributed by atoms with van der Waals surface area (Å²) in [6, 6.07) is 12.0. The van der Waals surface area contributed by atoms with Crippen molar-refractivity contribution in [2.24, 2.45) is 11.8 Å². The molecule has 0 bridgehead atoms. The Labute approximate surface area is 228 Å². The first-order valence-corrected chi connectivity index (χ1v) is 14.7. The first kappa shape index (κ1) is 27.1. The lowest BCUT2D eigenvalue weighted by Crippen LogP contribution is -2.42. The third kappa shape index (κ3) is 5.49. The second kappa shape index (κ2) is 10.9. The van der Waals surface area contributed by atoms with E-state index in [0.717, 1.165) is 29.8 Å². The van der Waals surface area contributed by atoms with Gasteiger partial charge in [0.15, 0.2) is 0 Å². The van der Waals surface area contributed by atoms with Crippen LogP contribution < -0.4 is 10.1 Å². The minimum atomic E-state index is -3.87. The van der Waals surface area contributed by atoms with Crippen molar-refractivity contribution in [1.29, 1.82) is 0 Å². The highest BCUT2D eigenvalue weighted by molar-refractivity contribution is 7.89. The highest BCUT2D eigenvalue weighted by Gasteiger charge is 2.33. The molecule has 2 heterocycles. The fourth-order valence-electron chi connectivity index (χ4n) is 5.58. The number of carboxylic acid groups (broad SMARTS) is 1.